The summed E-state index contributed by atoms with van der Waals surface area (Å²) in [5, 5.41) is 16.0. The zero-order chi connectivity index (χ0) is 22.8. The number of hydrogen-bond donors (Lipinski definition) is 3. The summed E-state index contributed by atoms with van der Waals surface area (Å²) in [6, 6.07) is 5.77. The fraction of sp³-hybridized carbons (Fsp3) is 0.680. The lowest BCUT2D eigenvalue weighted by molar-refractivity contribution is -0.149. The lowest BCUT2D eigenvalue weighted by Gasteiger charge is -2.38. The molecule has 0 radical (unpaired) electrons. The summed E-state index contributed by atoms with van der Waals surface area (Å²) >= 11 is 0. The molecule has 3 aliphatic heterocycles. The van der Waals surface area contributed by atoms with Crippen molar-refractivity contribution in [3.05, 3.63) is 23.8 Å². The minimum absolute atomic E-state index is 0.0182. The Kier molecular flexibility index (Phi) is 6.74. The van der Waals surface area contributed by atoms with E-state index in [1.54, 1.807) is 0 Å². The molecule has 0 spiro atoms. The van der Waals surface area contributed by atoms with E-state index in [2.05, 4.69) is 10.6 Å². The molecule has 1 saturated carbocycles. The fourth-order valence-electron chi connectivity index (χ4n) is 5.86. The number of piperidine rings is 1. The Balaban J connectivity index is 1.26. The largest absolute Gasteiger partial charge is 0.487 e. The topological polar surface area (TPSA) is 100 Å². The predicted molar refractivity (Wildman–Crippen MR) is 123 cm³/mol. The van der Waals surface area contributed by atoms with Crippen molar-refractivity contribution in [3.8, 4) is 5.75 Å². The standard InChI is InChI=1S/C25H35N3O5/c29-15-22-24-20(13-18(32-22)14-23(30)28-10-4-1-5-11-28)19-12-17(8-9-21(19)33-24)27-25(31)26-16-6-2-3-7-16/h8-9,12,16,18,20,22,24,29H,1-7,10-11,13-15H2,(H2,26,27,31)/t18-,20-,22+,24+/m1/s1. The second kappa shape index (κ2) is 9.89. The Labute approximate surface area is 195 Å². The van der Waals surface area contributed by atoms with Crippen molar-refractivity contribution in [2.75, 3.05) is 25.0 Å². The van der Waals surface area contributed by atoms with Crippen LogP contribution in [0.15, 0.2) is 18.2 Å². The van der Waals surface area contributed by atoms with Crippen molar-refractivity contribution < 1.29 is 24.2 Å². The van der Waals surface area contributed by atoms with Gasteiger partial charge < -0.3 is 30.1 Å². The SMILES string of the molecule is O=C(Nc1ccc2c(c1)[C@H]1C[C@H](CC(=O)N3CCCCC3)O[C@@H](CO)[C@H]1O2)NC1CCCC1. The number of urea groups is 1. The zero-order valence-corrected chi connectivity index (χ0v) is 19.1. The summed E-state index contributed by atoms with van der Waals surface area (Å²) in [5.41, 5.74) is 1.73. The number of ether oxygens (including phenoxy) is 2. The highest BCUT2D eigenvalue weighted by Crippen LogP contribution is 2.47. The van der Waals surface area contributed by atoms with Crippen LogP contribution in [0.2, 0.25) is 0 Å². The number of anilines is 1. The Morgan fingerprint density at radius 1 is 1.09 bits per heavy atom. The molecule has 1 aromatic rings. The van der Waals surface area contributed by atoms with Gasteiger partial charge in [0.1, 0.15) is 18.0 Å². The van der Waals surface area contributed by atoms with Crippen LogP contribution in [0.5, 0.6) is 5.75 Å². The highest BCUT2D eigenvalue weighted by Gasteiger charge is 2.46. The first-order valence-electron chi connectivity index (χ1n) is 12.5. The molecular weight excluding hydrogens is 422 g/mol. The molecule has 3 N–H and O–H groups in total. The number of rotatable bonds is 5. The number of aliphatic hydroxyl groups is 1. The van der Waals surface area contributed by atoms with Crippen molar-refractivity contribution in [2.45, 2.75) is 88.1 Å². The molecule has 1 aliphatic carbocycles. The van der Waals surface area contributed by atoms with E-state index in [0.717, 1.165) is 55.8 Å². The highest BCUT2D eigenvalue weighted by molar-refractivity contribution is 5.89. The van der Waals surface area contributed by atoms with Crippen LogP contribution in [0, 0.1) is 0 Å². The number of nitrogens with zero attached hydrogens (tertiary/aromatic N) is 1. The zero-order valence-electron chi connectivity index (χ0n) is 19.1. The first-order chi connectivity index (χ1) is 16.1. The second-order valence-corrected chi connectivity index (χ2v) is 9.88. The monoisotopic (exact) mass is 457 g/mol. The third-order valence-electron chi connectivity index (χ3n) is 7.56. The molecule has 3 fully saturated rings. The van der Waals surface area contributed by atoms with Gasteiger partial charge in [-0.05, 0) is 56.7 Å². The summed E-state index contributed by atoms with van der Waals surface area (Å²) in [4.78, 5) is 27.2. The van der Waals surface area contributed by atoms with E-state index in [0.29, 0.717) is 12.8 Å². The lowest BCUT2D eigenvalue weighted by atomic mass is 9.84. The summed E-state index contributed by atoms with van der Waals surface area (Å²) in [5.74, 6) is 0.912. The lowest BCUT2D eigenvalue weighted by Crippen LogP contribution is -2.48. The molecule has 180 valence electrons. The molecule has 8 heteroatoms. The molecule has 0 unspecified atom stereocenters. The van der Waals surface area contributed by atoms with Crippen LogP contribution in [-0.2, 0) is 9.53 Å². The van der Waals surface area contributed by atoms with Crippen molar-refractivity contribution in [1.82, 2.24) is 10.2 Å². The van der Waals surface area contributed by atoms with Crippen LogP contribution in [0.1, 0.15) is 69.3 Å². The summed E-state index contributed by atoms with van der Waals surface area (Å²) in [6.45, 7) is 1.49. The summed E-state index contributed by atoms with van der Waals surface area (Å²) < 4.78 is 12.3. The molecule has 4 aliphatic rings. The van der Waals surface area contributed by atoms with Gasteiger partial charge in [0.25, 0.3) is 0 Å². The molecular formula is C25H35N3O5. The quantitative estimate of drug-likeness (QED) is 0.631. The maximum atomic E-state index is 12.8. The van der Waals surface area contributed by atoms with Crippen LogP contribution in [0.4, 0.5) is 10.5 Å². The number of nitrogens with one attached hydrogen (secondary N) is 2. The van der Waals surface area contributed by atoms with Crippen molar-refractivity contribution in [2.24, 2.45) is 0 Å². The van der Waals surface area contributed by atoms with E-state index in [-0.39, 0.29) is 42.7 Å². The number of carbonyl (C=O) groups excluding carboxylic acids is 2. The summed E-state index contributed by atoms with van der Waals surface area (Å²) in [7, 11) is 0. The van der Waals surface area contributed by atoms with E-state index in [1.165, 1.54) is 19.3 Å². The maximum absolute atomic E-state index is 12.8. The van der Waals surface area contributed by atoms with Gasteiger partial charge in [-0.1, -0.05) is 12.8 Å². The van der Waals surface area contributed by atoms with Gasteiger partial charge in [-0.2, -0.15) is 0 Å². The van der Waals surface area contributed by atoms with Crippen molar-refractivity contribution in [1.29, 1.82) is 0 Å². The van der Waals surface area contributed by atoms with Gasteiger partial charge in [0.2, 0.25) is 5.91 Å². The molecule has 4 atom stereocenters. The smallest absolute Gasteiger partial charge is 0.319 e. The van der Waals surface area contributed by atoms with E-state index < -0.39 is 6.10 Å². The van der Waals surface area contributed by atoms with Gasteiger partial charge in [-0.15, -0.1) is 0 Å². The number of carbonyl (C=O) groups is 2. The Hall–Kier alpha value is -2.32. The minimum Gasteiger partial charge on any atom is -0.487 e. The first-order valence-corrected chi connectivity index (χ1v) is 12.5. The Morgan fingerprint density at radius 2 is 1.88 bits per heavy atom. The molecule has 8 nitrogen and oxygen atoms in total. The van der Waals surface area contributed by atoms with Gasteiger partial charge in [-0.25, -0.2) is 4.79 Å². The number of amides is 3. The van der Waals surface area contributed by atoms with Gasteiger partial charge in [0.15, 0.2) is 0 Å². The third kappa shape index (κ3) is 4.96. The average molecular weight is 458 g/mol. The van der Waals surface area contributed by atoms with Gasteiger partial charge in [-0.3, -0.25) is 4.79 Å². The molecule has 33 heavy (non-hydrogen) atoms. The van der Waals surface area contributed by atoms with Crippen LogP contribution < -0.4 is 15.4 Å². The van der Waals surface area contributed by atoms with Crippen LogP contribution in [0.3, 0.4) is 0 Å². The van der Waals surface area contributed by atoms with Crippen molar-refractivity contribution >= 4 is 17.6 Å². The highest BCUT2D eigenvalue weighted by atomic mass is 16.6. The van der Waals surface area contributed by atoms with Crippen LogP contribution in [0.25, 0.3) is 0 Å². The molecule has 2 saturated heterocycles. The predicted octanol–water partition coefficient (Wildman–Crippen LogP) is 3.15. The number of hydrogen-bond acceptors (Lipinski definition) is 5. The minimum atomic E-state index is -0.475. The Morgan fingerprint density at radius 3 is 2.64 bits per heavy atom. The van der Waals surface area contributed by atoms with Gasteiger partial charge in [0, 0.05) is 36.3 Å². The Bertz CT molecular complexity index is 866. The van der Waals surface area contributed by atoms with E-state index in [4.69, 9.17) is 9.47 Å². The average Bonchev–Trinajstić information content (AvgIpc) is 3.46. The number of likely N-dealkylation sites (tertiary alicyclic amines) is 1. The number of benzene rings is 1. The number of aliphatic hydroxyl groups excluding tert-OH is 1. The van der Waals surface area contributed by atoms with Gasteiger partial charge in [0.05, 0.1) is 19.1 Å². The molecule has 1 aromatic carbocycles. The molecule has 3 heterocycles. The molecule has 0 bridgehead atoms. The van der Waals surface area contributed by atoms with Crippen LogP contribution >= 0.6 is 0 Å². The second-order valence-electron chi connectivity index (χ2n) is 9.88. The molecule has 3 amide bonds. The maximum Gasteiger partial charge on any atom is 0.319 e. The molecule has 0 aromatic heterocycles. The van der Waals surface area contributed by atoms with Crippen molar-refractivity contribution in [3.63, 3.8) is 0 Å². The fourth-order valence-corrected chi connectivity index (χ4v) is 5.86. The van der Waals surface area contributed by atoms with Crippen LogP contribution in [-0.4, -0.2) is 66.0 Å². The first kappa shape index (κ1) is 22.5. The van der Waals surface area contributed by atoms with Gasteiger partial charge >= 0.3 is 6.03 Å². The summed E-state index contributed by atoms with van der Waals surface area (Å²) in [6.07, 6.45) is 7.69. The van der Waals surface area contributed by atoms with E-state index in [1.807, 2.05) is 23.1 Å². The normalized spacial score (nSPS) is 29.2. The van der Waals surface area contributed by atoms with E-state index >= 15 is 0 Å². The third-order valence-corrected chi connectivity index (χ3v) is 7.56. The molecule has 5 rings (SSSR count). The van der Waals surface area contributed by atoms with E-state index in [9.17, 15) is 14.7 Å². The number of fused-ring (bicyclic) bond motifs is 3.